The smallest absolute Gasteiger partial charge is 0.305 e. The van der Waals surface area contributed by atoms with Gasteiger partial charge in [0.05, 0.1) is 6.61 Å². The molecule has 1 N–H and O–H groups in total. The first-order valence-corrected chi connectivity index (χ1v) is 7.23. The number of ether oxygens (including phenoxy) is 1. The molecule has 0 fully saturated rings. The van der Waals surface area contributed by atoms with Gasteiger partial charge < -0.3 is 9.84 Å². The molecule has 0 spiro atoms. The Morgan fingerprint density at radius 2 is 1.63 bits per heavy atom. The van der Waals surface area contributed by atoms with Crippen molar-refractivity contribution in [3.05, 3.63) is 25.3 Å². The van der Waals surface area contributed by atoms with Crippen LogP contribution in [0.2, 0.25) is 0 Å². The number of hydrogen-bond acceptors (Lipinski definition) is 3. The van der Waals surface area contributed by atoms with E-state index >= 15 is 0 Å². The molecule has 0 aromatic rings. The summed E-state index contributed by atoms with van der Waals surface area (Å²) in [5, 5.41) is 9.89. The van der Waals surface area contributed by atoms with Gasteiger partial charge in [0, 0.05) is 6.42 Å². The van der Waals surface area contributed by atoms with E-state index in [9.17, 15) is 9.90 Å². The molecule has 0 radical (unpaired) electrons. The van der Waals surface area contributed by atoms with Gasteiger partial charge in [-0.15, -0.1) is 0 Å². The van der Waals surface area contributed by atoms with E-state index in [1.165, 1.54) is 0 Å². The fourth-order valence-electron chi connectivity index (χ4n) is 1.91. The van der Waals surface area contributed by atoms with Crippen LogP contribution < -0.4 is 0 Å². The highest BCUT2D eigenvalue weighted by molar-refractivity contribution is 5.69. The van der Waals surface area contributed by atoms with Gasteiger partial charge in [-0.05, 0) is 26.2 Å². The van der Waals surface area contributed by atoms with Crippen molar-refractivity contribution in [2.75, 3.05) is 6.61 Å². The molecule has 0 unspecified atom stereocenters. The number of carbonyl (C=O) groups excluding carboxylic acids is 1. The van der Waals surface area contributed by atoms with Crippen LogP contribution in [-0.4, -0.2) is 23.3 Å². The number of rotatable bonds is 12. The number of hydrogen-bond donors (Lipinski definition) is 1. The summed E-state index contributed by atoms with van der Waals surface area (Å²) in [5.41, 5.74) is -0.913. The van der Waals surface area contributed by atoms with E-state index in [4.69, 9.17) is 4.74 Å². The number of unbranched alkanes of at least 4 members (excludes halogenated alkanes) is 5. The highest BCUT2D eigenvalue weighted by Crippen LogP contribution is 2.18. The molecule has 0 heterocycles. The van der Waals surface area contributed by atoms with E-state index in [0.29, 0.717) is 19.4 Å². The van der Waals surface area contributed by atoms with E-state index in [1.54, 1.807) is 12.2 Å². The maximum atomic E-state index is 11.1. The standard InChI is InChI=1S/C16H28O3/c1-4-16(18,5-2)14-12-10-8-7-9-11-13-15(17)19-6-3/h4-5,18H,1-2,6-14H2,3H3. The molecule has 0 aliphatic heterocycles. The SMILES string of the molecule is C=CC(O)(C=C)CCCCCCCCC(=O)OCC. The highest BCUT2D eigenvalue weighted by Gasteiger charge is 2.16. The van der Waals surface area contributed by atoms with E-state index in [-0.39, 0.29) is 5.97 Å². The van der Waals surface area contributed by atoms with Gasteiger partial charge in [-0.3, -0.25) is 4.79 Å². The fraction of sp³-hybridized carbons (Fsp3) is 0.688. The zero-order chi connectivity index (χ0) is 14.6. The first-order valence-electron chi connectivity index (χ1n) is 7.23. The minimum Gasteiger partial charge on any atom is -0.466 e. The van der Waals surface area contributed by atoms with Crippen LogP contribution in [0.4, 0.5) is 0 Å². The van der Waals surface area contributed by atoms with Crippen molar-refractivity contribution in [3.8, 4) is 0 Å². The third kappa shape index (κ3) is 9.48. The first-order chi connectivity index (χ1) is 9.08. The quantitative estimate of drug-likeness (QED) is 0.333. The summed E-state index contributed by atoms with van der Waals surface area (Å²) >= 11 is 0. The Morgan fingerprint density at radius 1 is 1.11 bits per heavy atom. The van der Waals surface area contributed by atoms with Crippen LogP contribution in [-0.2, 0) is 9.53 Å². The molecule has 0 rings (SSSR count). The van der Waals surface area contributed by atoms with Gasteiger partial charge in [0.1, 0.15) is 5.60 Å². The average Bonchev–Trinajstić information content (AvgIpc) is 2.41. The molecular formula is C16H28O3. The Balaban J connectivity index is 3.39. The Hall–Kier alpha value is -1.09. The van der Waals surface area contributed by atoms with E-state index in [1.807, 2.05) is 6.92 Å². The lowest BCUT2D eigenvalue weighted by molar-refractivity contribution is -0.143. The molecule has 0 bridgehead atoms. The van der Waals surface area contributed by atoms with Crippen LogP contribution in [0.5, 0.6) is 0 Å². The molecule has 3 heteroatoms. The van der Waals surface area contributed by atoms with E-state index in [2.05, 4.69) is 13.2 Å². The minimum atomic E-state index is -0.913. The van der Waals surface area contributed by atoms with Gasteiger partial charge in [0.2, 0.25) is 0 Å². The summed E-state index contributed by atoms with van der Waals surface area (Å²) < 4.78 is 4.86. The van der Waals surface area contributed by atoms with Gasteiger partial charge in [-0.2, -0.15) is 0 Å². The second-order valence-corrected chi connectivity index (χ2v) is 4.83. The summed E-state index contributed by atoms with van der Waals surface area (Å²) in [5.74, 6) is -0.0930. The van der Waals surface area contributed by atoms with Crippen molar-refractivity contribution in [3.63, 3.8) is 0 Å². The average molecular weight is 268 g/mol. The Morgan fingerprint density at radius 3 is 2.16 bits per heavy atom. The maximum absolute atomic E-state index is 11.1. The van der Waals surface area contributed by atoms with Crippen LogP contribution in [0.25, 0.3) is 0 Å². The van der Waals surface area contributed by atoms with Crippen LogP contribution >= 0.6 is 0 Å². The second-order valence-electron chi connectivity index (χ2n) is 4.83. The maximum Gasteiger partial charge on any atom is 0.305 e. The fourth-order valence-corrected chi connectivity index (χ4v) is 1.91. The first kappa shape index (κ1) is 17.9. The van der Waals surface area contributed by atoms with Crippen LogP contribution in [0, 0.1) is 0 Å². The molecule has 0 aliphatic rings. The summed E-state index contributed by atoms with van der Waals surface area (Å²) in [6, 6.07) is 0. The van der Waals surface area contributed by atoms with Crippen molar-refractivity contribution in [2.24, 2.45) is 0 Å². The number of carbonyl (C=O) groups is 1. The summed E-state index contributed by atoms with van der Waals surface area (Å²) in [7, 11) is 0. The van der Waals surface area contributed by atoms with Crippen molar-refractivity contribution in [1.82, 2.24) is 0 Å². The lowest BCUT2D eigenvalue weighted by Gasteiger charge is -2.19. The molecule has 0 saturated carbocycles. The minimum absolute atomic E-state index is 0.0930. The predicted molar refractivity (Wildman–Crippen MR) is 78.9 cm³/mol. The van der Waals surface area contributed by atoms with Crippen molar-refractivity contribution in [1.29, 1.82) is 0 Å². The van der Waals surface area contributed by atoms with Gasteiger partial charge in [-0.25, -0.2) is 0 Å². The lowest BCUT2D eigenvalue weighted by Crippen LogP contribution is -2.21. The lowest BCUT2D eigenvalue weighted by atomic mass is 9.96. The van der Waals surface area contributed by atoms with E-state index < -0.39 is 5.60 Å². The van der Waals surface area contributed by atoms with Crippen molar-refractivity contribution < 1.29 is 14.6 Å². The third-order valence-corrected chi connectivity index (χ3v) is 3.22. The van der Waals surface area contributed by atoms with Crippen LogP contribution in [0.3, 0.4) is 0 Å². The molecule has 0 aromatic carbocycles. The van der Waals surface area contributed by atoms with Crippen molar-refractivity contribution >= 4 is 5.97 Å². The van der Waals surface area contributed by atoms with Gasteiger partial charge in [0.25, 0.3) is 0 Å². The largest absolute Gasteiger partial charge is 0.466 e. The number of esters is 1. The summed E-state index contributed by atoms with van der Waals surface area (Å²) in [6.45, 7) is 9.51. The second kappa shape index (κ2) is 10.8. The molecule has 110 valence electrons. The highest BCUT2D eigenvalue weighted by atomic mass is 16.5. The topological polar surface area (TPSA) is 46.5 Å². The zero-order valence-corrected chi connectivity index (χ0v) is 12.2. The van der Waals surface area contributed by atoms with Crippen LogP contribution in [0.15, 0.2) is 25.3 Å². The predicted octanol–water partition coefficient (Wildman–Crippen LogP) is 3.77. The monoisotopic (exact) mass is 268 g/mol. The Labute approximate surface area is 117 Å². The van der Waals surface area contributed by atoms with Gasteiger partial charge in [-0.1, -0.05) is 51.0 Å². The van der Waals surface area contributed by atoms with Crippen LogP contribution in [0.1, 0.15) is 58.3 Å². The third-order valence-electron chi connectivity index (χ3n) is 3.22. The molecule has 3 nitrogen and oxygen atoms in total. The molecule has 0 saturated heterocycles. The molecule has 0 aromatic heterocycles. The zero-order valence-electron chi connectivity index (χ0n) is 12.2. The molecule has 0 atom stereocenters. The summed E-state index contributed by atoms with van der Waals surface area (Å²) in [4.78, 5) is 11.1. The normalized spacial score (nSPS) is 11.1. The number of aliphatic hydroxyl groups is 1. The Kier molecular flexibility index (Phi) is 10.2. The van der Waals surface area contributed by atoms with Crippen molar-refractivity contribution in [2.45, 2.75) is 63.9 Å². The molecule has 0 amide bonds. The Bertz CT molecular complexity index is 263. The molecule has 0 aliphatic carbocycles. The summed E-state index contributed by atoms with van der Waals surface area (Å²) in [6.07, 6.45) is 10.6. The van der Waals surface area contributed by atoms with E-state index in [0.717, 1.165) is 38.5 Å². The molecular weight excluding hydrogens is 240 g/mol. The molecule has 19 heavy (non-hydrogen) atoms. The van der Waals surface area contributed by atoms with Gasteiger partial charge in [0.15, 0.2) is 0 Å². The van der Waals surface area contributed by atoms with Gasteiger partial charge >= 0.3 is 5.97 Å².